The molecule has 0 saturated carbocycles. The summed E-state index contributed by atoms with van der Waals surface area (Å²) in [6, 6.07) is 5.96. The van der Waals surface area contributed by atoms with Crippen molar-refractivity contribution in [1.82, 2.24) is 30.4 Å². The molecule has 0 bridgehead atoms. The fraction of sp³-hybridized carbons (Fsp3) is 0.267. The number of ether oxygens (including phenoxy) is 1. The van der Waals surface area contributed by atoms with Gasteiger partial charge in [-0.3, -0.25) is 5.10 Å². The van der Waals surface area contributed by atoms with Crippen LogP contribution in [0.5, 0.6) is 0 Å². The fourth-order valence-electron chi connectivity index (χ4n) is 2.14. The van der Waals surface area contributed by atoms with Gasteiger partial charge in [-0.15, -0.1) is 10.2 Å². The van der Waals surface area contributed by atoms with E-state index in [1.165, 1.54) is 23.0 Å². The van der Waals surface area contributed by atoms with Crippen molar-refractivity contribution < 1.29 is 22.7 Å². The molecule has 26 heavy (non-hydrogen) atoms. The third-order valence-electron chi connectivity index (χ3n) is 3.35. The van der Waals surface area contributed by atoms with Gasteiger partial charge in [0.15, 0.2) is 5.69 Å². The van der Waals surface area contributed by atoms with E-state index in [4.69, 9.17) is 4.74 Å². The predicted molar refractivity (Wildman–Crippen MR) is 81.9 cm³/mol. The lowest BCUT2D eigenvalue weighted by Crippen LogP contribution is -2.05. The van der Waals surface area contributed by atoms with Crippen molar-refractivity contribution in [2.45, 2.75) is 19.6 Å². The lowest BCUT2D eigenvalue weighted by molar-refractivity contribution is -0.137. The number of aromatic amines is 1. The molecule has 0 atom stereocenters. The molecule has 0 saturated heterocycles. The van der Waals surface area contributed by atoms with E-state index in [0.717, 1.165) is 12.1 Å². The first kappa shape index (κ1) is 17.6. The number of carbonyl (C=O) groups excluding carboxylic acids is 1. The first-order valence-corrected chi connectivity index (χ1v) is 7.53. The third kappa shape index (κ3) is 3.87. The quantitative estimate of drug-likeness (QED) is 0.696. The maximum atomic E-state index is 12.6. The highest BCUT2D eigenvalue weighted by atomic mass is 19.4. The number of carbonyl (C=O) groups is 1. The maximum absolute atomic E-state index is 12.6. The highest BCUT2D eigenvalue weighted by Crippen LogP contribution is 2.30. The molecule has 2 heterocycles. The van der Waals surface area contributed by atoms with Gasteiger partial charge in [-0.05, 0) is 30.3 Å². The van der Waals surface area contributed by atoms with Gasteiger partial charge in [0, 0.05) is 5.56 Å². The van der Waals surface area contributed by atoms with Gasteiger partial charge in [0.25, 0.3) is 0 Å². The Morgan fingerprint density at radius 2 is 2.00 bits per heavy atom. The number of H-pyrrole nitrogens is 1. The van der Waals surface area contributed by atoms with Crippen LogP contribution in [0.1, 0.15) is 28.7 Å². The normalized spacial score (nSPS) is 11.5. The van der Waals surface area contributed by atoms with Crippen LogP contribution in [0.2, 0.25) is 0 Å². The van der Waals surface area contributed by atoms with Crippen LogP contribution in [0, 0.1) is 0 Å². The third-order valence-corrected chi connectivity index (χ3v) is 3.35. The first-order valence-electron chi connectivity index (χ1n) is 7.53. The number of benzene rings is 1. The number of tetrazole rings is 1. The minimum atomic E-state index is -4.40. The Labute approximate surface area is 145 Å². The summed E-state index contributed by atoms with van der Waals surface area (Å²) in [5.74, 6) is -0.365. The number of hydrogen-bond acceptors (Lipinski definition) is 6. The summed E-state index contributed by atoms with van der Waals surface area (Å²) in [5, 5.41) is 18.3. The Morgan fingerprint density at radius 3 is 2.65 bits per heavy atom. The summed E-state index contributed by atoms with van der Waals surface area (Å²) in [7, 11) is 0. The molecule has 0 fully saturated rings. The maximum Gasteiger partial charge on any atom is 0.416 e. The number of nitrogens with zero attached hydrogens (tertiary/aromatic N) is 5. The van der Waals surface area contributed by atoms with Gasteiger partial charge in [0.05, 0.1) is 17.9 Å². The van der Waals surface area contributed by atoms with Crippen LogP contribution < -0.4 is 0 Å². The van der Waals surface area contributed by atoms with E-state index in [9.17, 15) is 18.0 Å². The molecular formula is C15H13F3N6O2. The average molecular weight is 366 g/mol. The molecule has 3 aromatic rings. The van der Waals surface area contributed by atoms with Gasteiger partial charge in [0.1, 0.15) is 6.54 Å². The van der Waals surface area contributed by atoms with Crippen molar-refractivity contribution in [1.29, 1.82) is 0 Å². The summed E-state index contributed by atoms with van der Waals surface area (Å²) >= 11 is 0. The number of nitrogens with one attached hydrogen (secondary N) is 1. The van der Waals surface area contributed by atoms with E-state index < -0.39 is 17.7 Å². The van der Waals surface area contributed by atoms with Gasteiger partial charge < -0.3 is 4.74 Å². The molecule has 0 amide bonds. The molecule has 1 aromatic carbocycles. The average Bonchev–Trinajstić information content (AvgIpc) is 3.24. The molecule has 1 N–H and O–H groups in total. The summed E-state index contributed by atoms with van der Waals surface area (Å²) in [4.78, 5) is 12.8. The second-order valence-corrected chi connectivity index (χ2v) is 5.22. The van der Waals surface area contributed by atoms with Crippen LogP contribution >= 0.6 is 0 Å². The number of hydrogen-bond donors (Lipinski definition) is 1. The lowest BCUT2D eigenvalue weighted by atomic mass is 10.1. The zero-order valence-corrected chi connectivity index (χ0v) is 13.5. The van der Waals surface area contributed by atoms with Crippen molar-refractivity contribution >= 4 is 5.97 Å². The molecular weight excluding hydrogens is 353 g/mol. The lowest BCUT2D eigenvalue weighted by Gasteiger charge is -2.05. The van der Waals surface area contributed by atoms with E-state index in [-0.39, 0.29) is 24.7 Å². The number of aromatic nitrogens is 6. The van der Waals surface area contributed by atoms with Crippen molar-refractivity contribution in [3.63, 3.8) is 0 Å². The Bertz CT molecular complexity index is 901. The molecule has 11 heteroatoms. The van der Waals surface area contributed by atoms with Crippen LogP contribution in [0.3, 0.4) is 0 Å². The van der Waals surface area contributed by atoms with E-state index in [1.807, 2.05) is 0 Å². The summed E-state index contributed by atoms with van der Waals surface area (Å²) in [5.41, 5.74) is 0.327. The zero-order chi connectivity index (χ0) is 18.7. The number of alkyl halides is 3. The molecule has 0 radical (unpaired) electrons. The predicted octanol–water partition coefficient (Wildman–Crippen LogP) is 2.31. The number of halogens is 3. The van der Waals surface area contributed by atoms with Crippen molar-refractivity contribution in [2.75, 3.05) is 6.61 Å². The minimum Gasteiger partial charge on any atom is -0.461 e. The molecule has 0 aliphatic rings. The molecule has 2 aromatic heterocycles. The SMILES string of the molecule is CCOC(=O)c1cc(Cn2nnc(-c3ccc(C(F)(F)F)cc3)n2)[nH]n1. The van der Waals surface area contributed by atoms with Crippen LogP contribution in [0.15, 0.2) is 30.3 Å². The van der Waals surface area contributed by atoms with Gasteiger partial charge >= 0.3 is 12.1 Å². The van der Waals surface area contributed by atoms with Crippen molar-refractivity contribution in [3.8, 4) is 11.4 Å². The highest BCUT2D eigenvalue weighted by molar-refractivity contribution is 5.87. The highest BCUT2D eigenvalue weighted by Gasteiger charge is 2.30. The molecule has 0 aliphatic carbocycles. The fourth-order valence-corrected chi connectivity index (χ4v) is 2.14. The molecule has 3 rings (SSSR count). The van der Waals surface area contributed by atoms with E-state index in [1.54, 1.807) is 6.92 Å². The van der Waals surface area contributed by atoms with Crippen molar-refractivity contribution in [3.05, 3.63) is 47.3 Å². The Balaban J connectivity index is 1.71. The minimum absolute atomic E-state index is 0.130. The van der Waals surface area contributed by atoms with Gasteiger partial charge in [0.2, 0.25) is 5.82 Å². The molecule has 0 unspecified atom stereocenters. The Hall–Kier alpha value is -3.24. The second-order valence-electron chi connectivity index (χ2n) is 5.22. The zero-order valence-electron chi connectivity index (χ0n) is 13.5. The molecule has 8 nitrogen and oxygen atoms in total. The van der Waals surface area contributed by atoms with Gasteiger partial charge in [-0.25, -0.2) is 4.79 Å². The van der Waals surface area contributed by atoms with Crippen molar-refractivity contribution in [2.24, 2.45) is 0 Å². The van der Waals surface area contributed by atoms with Crippen LogP contribution in [0.4, 0.5) is 13.2 Å². The van der Waals surface area contributed by atoms with Crippen LogP contribution in [0.25, 0.3) is 11.4 Å². The van der Waals surface area contributed by atoms with Gasteiger partial charge in [-0.1, -0.05) is 12.1 Å². The molecule has 0 spiro atoms. The summed E-state index contributed by atoms with van der Waals surface area (Å²) < 4.78 is 42.6. The number of rotatable bonds is 5. The smallest absolute Gasteiger partial charge is 0.416 e. The molecule has 0 aliphatic heterocycles. The molecule has 136 valence electrons. The van der Waals surface area contributed by atoms with E-state index in [0.29, 0.717) is 11.3 Å². The number of esters is 1. The largest absolute Gasteiger partial charge is 0.461 e. The Kier molecular flexibility index (Phi) is 4.69. The van der Waals surface area contributed by atoms with Crippen LogP contribution in [-0.4, -0.2) is 43.0 Å². The van der Waals surface area contributed by atoms with E-state index in [2.05, 4.69) is 25.6 Å². The standard InChI is InChI=1S/C15H13F3N6O2/c1-2-26-14(25)12-7-11(19-20-12)8-24-22-13(21-23-24)9-3-5-10(6-4-9)15(16,17)18/h3-7H,2,8H2,1H3,(H,19,20). The Morgan fingerprint density at radius 1 is 1.27 bits per heavy atom. The second kappa shape index (κ2) is 6.94. The van der Waals surface area contributed by atoms with E-state index >= 15 is 0 Å². The monoisotopic (exact) mass is 366 g/mol. The van der Waals surface area contributed by atoms with Crippen LogP contribution in [-0.2, 0) is 17.5 Å². The summed E-state index contributed by atoms with van der Waals surface area (Å²) in [6.45, 7) is 2.08. The first-order chi connectivity index (χ1) is 12.4. The topological polar surface area (TPSA) is 98.6 Å². The van der Waals surface area contributed by atoms with Gasteiger partial charge in [-0.2, -0.15) is 23.1 Å². The summed E-state index contributed by atoms with van der Waals surface area (Å²) in [6.07, 6.45) is -4.40.